The first kappa shape index (κ1) is 20.9. The van der Waals surface area contributed by atoms with Crippen molar-refractivity contribution in [2.45, 2.75) is 26.7 Å². The Morgan fingerprint density at radius 1 is 1.27 bits per heavy atom. The summed E-state index contributed by atoms with van der Waals surface area (Å²) in [6.07, 6.45) is 2.97. The van der Waals surface area contributed by atoms with Crippen LogP contribution in [0.3, 0.4) is 0 Å². The predicted molar refractivity (Wildman–Crippen MR) is 121 cm³/mol. The molecule has 3 heterocycles. The topological polar surface area (TPSA) is 116 Å². The Labute approximate surface area is 191 Å². The molecule has 1 amide bonds. The molecule has 5 rings (SSSR count). The number of halogens is 1. The molecule has 0 fully saturated rings. The standard InChI is InChI=1S/C22H17FN6O3S/c1-11-3-4-13(10-24-11)19-15-6-7-17-21(33-22(26-17)25-12(2)30)20(15)28(27-19)18-8-5-14(29(31)32)9-16(18)23/h3-5,8-10H,6-7H2,1-2H3,(H,25,26,30). The quantitative estimate of drug-likeness (QED) is 0.352. The molecule has 0 unspecified atom stereocenters. The van der Waals surface area contributed by atoms with E-state index in [1.165, 1.54) is 35.1 Å². The highest BCUT2D eigenvalue weighted by atomic mass is 32.1. The fourth-order valence-corrected chi connectivity index (χ4v) is 4.99. The molecule has 0 spiro atoms. The maximum atomic E-state index is 15.0. The first-order chi connectivity index (χ1) is 15.8. The molecule has 0 saturated heterocycles. The fourth-order valence-electron chi connectivity index (χ4n) is 3.87. The highest BCUT2D eigenvalue weighted by Gasteiger charge is 2.31. The number of carbonyl (C=O) groups is 1. The Hall–Kier alpha value is -3.99. The lowest BCUT2D eigenvalue weighted by atomic mass is 9.95. The molecule has 3 aromatic heterocycles. The number of nitro benzene ring substituents is 1. The molecule has 1 N–H and O–H groups in total. The number of nitro groups is 1. The van der Waals surface area contributed by atoms with Crippen molar-refractivity contribution < 1.29 is 14.1 Å². The molecule has 0 bridgehead atoms. The number of nitrogens with one attached hydrogen (secondary N) is 1. The van der Waals surface area contributed by atoms with Crippen molar-refractivity contribution >= 4 is 28.1 Å². The van der Waals surface area contributed by atoms with Crippen molar-refractivity contribution in [2.75, 3.05) is 5.32 Å². The Bertz CT molecular complexity index is 1430. The van der Waals surface area contributed by atoms with Gasteiger partial charge in [0.25, 0.3) is 5.69 Å². The van der Waals surface area contributed by atoms with Gasteiger partial charge in [0.2, 0.25) is 5.91 Å². The number of aryl methyl sites for hydroxylation is 2. The van der Waals surface area contributed by atoms with Gasteiger partial charge in [-0.3, -0.25) is 19.9 Å². The second-order valence-electron chi connectivity index (χ2n) is 7.64. The van der Waals surface area contributed by atoms with E-state index in [1.807, 2.05) is 19.1 Å². The molecule has 1 aliphatic carbocycles. The van der Waals surface area contributed by atoms with Gasteiger partial charge in [-0.25, -0.2) is 14.1 Å². The number of hydrogen-bond acceptors (Lipinski definition) is 7. The number of thiazole rings is 1. The summed E-state index contributed by atoms with van der Waals surface area (Å²) < 4.78 is 16.5. The van der Waals surface area contributed by atoms with Gasteiger partial charge in [0.05, 0.1) is 32.9 Å². The predicted octanol–water partition coefficient (Wildman–Crippen LogP) is 4.47. The van der Waals surface area contributed by atoms with Crippen LogP contribution in [0.25, 0.3) is 27.5 Å². The van der Waals surface area contributed by atoms with Crippen LogP contribution in [-0.2, 0) is 17.6 Å². The van der Waals surface area contributed by atoms with Crippen molar-refractivity contribution in [3.05, 3.63) is 69.4 Å². The lowest BCUT2D eigenvalue weighted by Crippen LogP contribution is -2.07. The molecule has 166 valence electrons. The Kier molecular flexibility index (Phi) is 4.97. The van der Waals surface area contributed by atoms with E-state index in [4.69, 9.17) is 5.10 Å². The van der Waals surface area contributed by atoms with E-state index >= 15 is 4.39 Å². The summed E-state index contributed by atoms with van der Waals surface area (Å²) in [7, 11) is 0. The smallest absolute Gasteiger partial charge is 0.272 e. The number of rotatable bonds is 4. The number of aromatic nitrogens is 4. The van der Waals surface area contributed by atoms with E-state index in [1.54, 1.807) is 6.20 Å². The molecule has 0 saturated carbocycles. The van der Waals surface area contributed by atoms with Crippen molar-refractivity contribution in [1.82, 2.24) is 19.7 Å². The third-order valence-electron chi connectivity index (χ3n) is 5.35. The second-order valence-corrected chi connectivity index (χ2v) is 8.64. The number of nitrogens with zero attached hydrogens (tertiary/aromatic N) is 5. The van der Waals surface area contributed by atoms with Crippen LogP contribution in [0.1, 0.15) is 23.9 Å². The maximum Gasteiger partial charge on any atom is 0.272 e. The first-order valence-corrected chi connectivity index (χ1v) is 10.9. The van der Waals surface area contributed by atoms with Gasteiger partial charge in [0.1, 0.15) is 5.69 Å². The summed E-state index contributed by atoms with van der Waals surface area (Å²) >= 11 is 1.29. The zero-order valence-electron chi connectivity index (χ0n) is 17.6. The molecule has 0 atom stereocenters. The number of fused-ring (bicyclic) bond motifs is 3. The number of carbonyl (C=O) groups excluding carboxylic acids is 1. The van der Waals surface area contributed by atoms with Crippen molar-refractivity contribution in [2.24, 2.45) is 0 Å². The van der Waals surface area contributed by atoms with E-state index in [9.17, 15) is 14.9 Å². The van der Waals surface area contributed by atoms with Gasteiger partial charge in [-0.1, -0.05) is 11.3 Å². The van der Waals surface area contributed by atoms with Crippen LogP contribution >= 0.6 is 11.3 Å². The minimum atomic E-state index is -0.762. The largest absolute Gasteiger partial charge is 0.302 e. The zero-order valence-corrected chi connectivity index (χ0v) is 18.4. The van der Waals surface area contributed by atoms with E-state index in [0.29, 0.717) is 29.4 Å². The third-order valence-corrected chi connectivity index (χ3v) is 6.37. The Balaban J connectivity index is 1.74. The lowest BCUT2D eigenvalue weighted by Gasteiger charge is -2.14. The SMILES string of the molecule is CC(=O)Nc1nc2c(s1)-c1c(c(-c3ccc(C)nc3)nn1-c1ccc([N+](=O)[O-])cc1F)CC2. The van der Waals surface area contributed by atoms with Gasteiger partial charge in [-0.15, -0.1) is 0 Å². The molecule has 1 aromatic carbocycles. The van der Waals surface area contributed by atoms with Gasteiger partial charge in [0.15, 0.2) is 10.9 Å². The van der Waals surface area contributed by atoms with Gasteiger partial charge < -0.3 is 5.32 Å². The number of amides is 1. The molecule has 1 aliphatic rings. The number of benzene rings is 1. The summed E-state index contributed by atoms with van der Waals surface area (Å²) in [6, 6.07) is 7.27. The average molecular weight is 464 g/mol. The molecular formula is C22H17FN6O3S. The third kappa shape index (κ3) is 3.65. The molecular weight excluding hydrogens is 447 g/mol. The number of hydrogen-bond donors (Lipinski definition) is 1. The lowest BCUT2D eigenvalue weighted by molar-refractivity contribution is -0.385. The molecule has 0 aliphatic heterocycles. The first-order valence-electron chi connectivity index (χ1n) is 10.1. The van der Waals surface area contributed by atoms with Crippen LogP contribution in [0.5, 0.6) is 0 Å². The van der Waals surface area contributed by atoms with E-state index in [0.717, 1.165) is 33.5 Å². The molecule has 4 aromatic rings. The van der Waals surface area contributed by atoms with Crippen molar-refractivity contribution in [3.8, 4) is 27.5 Å². The normalized spacial score (nSPS) is 12.2. The van der Waals surface area contributed by atoms with Crippen LogP contribution in [0, 0.1) is 22.9 Å². The molecule has 9 nitrogen and oxygen atoms in total. The van der Waals surface area contributed by atoms with Gasteiger partial charge in [-0.2, -0.15) is 5.10 Å². The maximum absolute atomic E-state index is 15.0. The van der Waals surface area contributed by atoms with E-state index in [-0.39, 0.29) is 17.3 Å². The van der Waals surface area contributed by atoms with Crippen molar-refractivity contribution in [1.29, 1.82) is 0 Å². The van der Waals surface area contributed by atoms with Crippen LogP contribution in [0.15, 0.2) is 36.5 Å². The van der Waals surface area contributed by atoms with Crippen LogP contribution < -0.4 is 5.32 Å². The fraction of sp³-hybridized carbons (Fsp3) is 0.182. The van der Waals surface area contributed by atoms with E-state index in [2.05, 4.69) is 15.3 Å². The second kappa shape index (κ2) is 7.85. The van der Waals surface area contributed by atoms with E-state index < -0.39 is 10.7 Å². The van der Waals surface area contributed by atoms with Gasteiger partial charge in [-0.05, 0) is 38.0 Å². The van der Waals surface area contributed by atoms with Crippen LogP contribution in [-0.4, -0.2) is 30.6 Å². The molecule has 0 radical (unpaired) electrons. The minimum absolute atomic E-state index is 0.0884. The zero-order chi connectivity index (χ0) is 23.3. The van der Waals surface area contributed by atoms with Crippen molar-refractivity contribution in [3.63, 3.8) is 0 Å². The minimum Gasteiger partial charge on any atom is -0.302 e. The van der Waals surface area contributed by atoms with Gasteiger partial charge >= 0.3 is 0 Å². The highest BCUT2D eigenvalue weighted by molar-refractivity contribution is 7.19. The van der Waals surface area contributed by atoms with Crippen LogP contribution in [0.4, 0.5) is 15.2 Å². The number of non-ortho nitro benzene ring substituents is 1. The Morgan fingerprint density at radius 2 is 2.09 bits per heavy atom. The Morgan fingerprint density at radius 3 is 2.76 bits per heavy atom. The van der Waals surface area contributed by atoms with Gasteiger partial charge in [0, 0.05) is 36.0 Å². The summed E-state index contributed by atoms with van der Waals surface area (Å²) in [4.78, 5) is 31.6. The highest BCUT2D eigenvalue weighted by Crippen LogP contribution is 2.44. The molecule has 33 heavy (non-hydrogen) atoms. The summed E-state index contributed by atoms with van der Waals surface area (Å²) in [5, 5.41) is 19.0. The summed E-state index contributed by atoms with van der Waals surface area (Å²) in [6.45, 7) is 3.29. The number of pyridine rings is 1. The monoisotopic (exact) mass is 464 g/mol. The number of anilines is 1. The molecule has 11 heteroatoms. The summed E-state index contributed by atoms with van der Waals surface area (Å²) in [5.41, 5.74) is 4.41. The summed E-state index contributed by atoms with van der Waals surface area (Å²) in [5.74, 6) is -0.996. The average Bonchev–Trinajstić information content (AvgIpc) is 3.34. The van der Waals surface area contributed by atoms with Crippen LogP contribution in [0.2, 0.25) is 0 Å².